The van der Waals surface area contributed by atoms with Crippen LogP contribution in [0.25, 0.3) is 0 Å². The highest BCUT2D eigenvalue weighted by Crippen LogP contribution is 2.48. The average Bonchev–Trinajstić information content (AvgIpc) is 2.79. The molecule has 20 heavy (non-hydrogen) atoms. The van der Waals surface area contributed by atoms with E-state index in [0.717, 1.165) is 23.8 Å². The van der Waals surface area contributed by atoms with E-state index in [-0.39, 0.29) is 0 Å². The molecule has 4 atom stereocenters. The highest BCUT2D eigenvalue weighted by molar-refractivity contribution is 4.96. The third kappa shape index (κ3) is 3.78. The average molecular weight is 280 g/mol. The molecule has 0 spiro atoms. The Bertz CT molecular complexity index is 283. The first-order valence-corrected chi connectivity index (χ1v) is 9.31. The van der Waals surface area contributed by atoms with Crippen LogP contribution in [0.2, 0.25) is 0 Å². The third-order valence-corrected chi connectivity index (χ3v) is 6.31. The standard InChI is InChI=1S/C19H37N/c1-5-13-20-18(17-11-8-12-19(17,3)4)16-10-7-9-15(6-2)14-16/h15-18,20H,5-14H2,1-4H3. The van der Waals surface area contributed by atoms with Crippen LogP contribution in [0.15, 0.2) is 0 Å². The summed E-state index contributed by atoms with van der Waals surface area (Å²) >= 11 is 0. The molecule has 0 saturated heterocycles. The molecule has 2 aliphatic carbocycles. The summed E-state index contributed by atoms with van der Waals surface area (Å²) in [7, 11) is 0. The van der Waals surface area contributed by atoms with Gasteiger partial charge >= 0.3 is 0 Å². The minimum atomic E-state index is 0.560. The summed E-state index contributed by atoms with van der Waals surface area (Å²) in [5.41, 5.74) is 0.560. The maximum Gasteiger partial charge on any atom is 0.0129 e. The molecule has 0 aromatic rings. The summed E-state index contributed by atoms with van der Waals surface area (Å²) in [6.45, 7) is 10.9. The maximum absolute atomic E-state index is 3.98. The fourth-order valence-corrected chi connectivity index (χ4v) is 5.00. The van der Waals surface area contributed by atoms with Crippen molar-refractivity contribution in [2.75, 3.05) is 6.54 Å². The van der Waals surface area contributed by atoms with E-state index in [1.807, 2.05) is 0 Å². The Balaban J connectivity index is 2.06. The van der Waals surface area contributed by atoms with Gasteiger partial charge in [0.25, 0.3) is 0 Å². The van der Waals surface area contributed by atoms with E-state index in [1.54, 1.807) is 0 Å². The van der Waals surface area contributed by atoms with Crippen LogP contribution in [-0.4, -0.2) is 12.6 Å². The van der Waals surface area contributed by atoms with Gasteiger partial charge < -0.3 is 5.32 Å². The summed E-state index contributed by atoms with van der Waals surface area (Å²) in [5, 5.41) is 3.98. The molecule has 0 heterocycles. The first kappa shape index (κ1) is 16.3. The molecule has 0 aromatic carbocycles. The Morgan fingerprint density at radius 2 is 1.90 bits per heavy atom. The molecular formula is C19H37N. The smallest absolute Gasteiger partial charge is 0.0129 e. The fraction of sp³-hybridized carbons (Fsp3) is 1.00. The minimum absolute atomic E-state index is 0.560. The van der Waals surface area contributed by atoms with Crippen molar-refractivity contribution in [1.82, 2.24) is 5.32 Å². The normalized spacial score (nSPS) is 35.1. The number of nitrogens with one attached hydrogen (secondary N) is 1. The lowest BCUT2D eigenvalue weighted by molar-refractivity contribution is 0.113. The number of hydrogen-bond donors (Lipinski definition) is 1. The molecular weight excluding hydrogens is 242 g/mol. The van der Waals surface area contributed by atoms with E-state index >= 15 is 0 Å². The summed E-state index contributed by atoms with van der Waals surface area (Å²) < 4.78 is 0. The van der Waals surface area contributed by atoms with Gasteiger partial charge in [-0.2, -0.15) is 0 Å². The van der Waals surface area contributed by atoms with Gasteiger partial charge in [0.1, 0.15) is 0 Å². The van der Waals surface area contributed by atoms with Gasteiger partial charge in [-0.15, -0.1) is 0 Å². The summed E-state index contributed by atoms with van der Waals surface area (Å²) in [5.74, 6) is 2.86. The molecule has 1 heteroatoms. The van der Waals surface area contributed by atoms with Crippen LogP contribution in [-0.2, 0) is 0 Å². The van der Waals surface area contributed by atoms with Gasteiger partial charge in [-0.05, 0) is 61.8 Å². The molecule has 2 rings (SSSR count). The van der Waals surface area contributed by atoms with Gasteiger partial charge in [0.15, 0.2) is 0 Å². The molecule has 0 radical (unpaired) electrons. The van der Waals surface area contributed by atoms with Crippen molar-refractivity contribution in [2.45, 2.75) is 91.5 Å². The van der Waals surface area contributed by atoms with Gasteiger partial charge in [-0.1, -0.05) is 53.4 Å². The second kappa shape index (κ2) is 7.29. The molecule has 0 amide bonds. The third-order valence-electron chi connectivity index (χ3n) is 6.31. The summed E-state index contributed by atoms with van der Waals surface area (Å²) in [6, 6.07) is 0.793. The Morgan fingerprint density at radius 3 is 2.50 bits per heavy atom. The van der Waals surface area contributed by atoms with E-state index in [1.165, 1.54) is 64.3 Å². The van der Waals surface area contributed by atoms with Crippen LogP contribution in [0.5, 0.6) is 0 Å². The van der Waals surface area contributed by atoms with E-state index in [2.05, 4.69) is 33.0 Å². The largest absolute Gasteiger partial charge is 0.313 e. The Hall–Kier alpha value is -0.0400. The highest BCUT2D eigenvalue weighted by atomic mass is 14.9. The zero-order valence-corrected chi connectivity index (χ0v) is 14.4. The van der Waals surface area contributed by atoms with E-state index in [9.17, 15) is 0 Å². The van der Waals surface area contributed by atoms with E-state index in [4.69, 9.17) is 0 Å². The molecule has 1 nitrogen and oxygen atoms in total. The predicted molar refractivity (Wildman–Crippen MR) is 88.9 cm³/mol. The molecule has 0 aromatic heterocycles. The van der Waals surface area contributed by atoms with Crippen LogP contribution in [0.1, 0.15) is 85.5 Å². The maximum atomic E-state index is 3.98. The number of hydrogen-bond acceptors (Lipinski definition) is 1. The van der Waals surface area contributed by atoms with Gasteiger partial charge in [0, 0.05) is 6.04 Å². The van der Waals surface area contributed by atoms with Crippen LogP contribution in [0.4, 0.5) is 0 Å². The molecule has 118 valence electrons. The Labute approximate surface area is 127 Å². The van der Waals surface area contributed by atoms with Gasteiger partial charge in [0.05, 0.1) is 0 Å². The molecule has 2 fully saturated rings. The molecule has 0 aliphatic heterocycles. The van der Waals surface area contributed by atoms with E-state index < -0.39 is 0 Å². The zero-order valence-electron chi connectivity index (χ0n) is 14.4. The van der Waals surface area contributed by atoms with Crippen LogP contribution in [0, 0.1) is 23.2 Å². The van der Waals surface area contributed by atoms with Gasteiger partial charge in [-0.3, -0.25) is 0 Å². The lowest BCUT2D eigenvalue weighted by atomic mass is 9.68. The van der Waals surface area contributed by atoms with Crippen molar-refractivity contribution in [3.05, 3.63) is 0 Å². The van der Waals surface area contributed by atoms with Crippen molar-refractivity contribution < 1.29 is 0 Å². The second-order valence-corrected chi connectivity index (χ2v) is 8.17. The summed E-state index contributed by atoms with van der Waals surface area (Å²) in [6.07, 6.45) is 12.9. The second-order valence-electron chi connectivity index (χ2n) is 8.17. The van der Waals surface area contributed by atoms with Crippen molar-refractivity contribution in [1.29, 1.82) is 0 Å². The van der Waals surface area contributed by atoms with Crippen molar-refractivity contribution in [2.24, 2.45) is 23.2 Å². The fourth-order valence-electron chi connectivity index (χ4n) is 5.00. The molecule has 4 unspecified atom stereocenters. The predicted octanol–water partition coefficient (Wildman–Crippen LogP) is 5.40. The molecule has 2 saturated carbocycles. The molecule has 2 aliphatic rings. The Morgan fingerprint density at radius 1 is 1.10 bits per heavy atom. The van der Waals surface area contributed by atoms with Crippen molar-refractivity contribution >= 4 is 0 Å². The minimum Gasteiger partial charge on any atom is -0.313 e. The monoisotopic (exact) mass is 279 g/mol. The lowest BCUT2D eigenvalue weighted by Crippen LogP contribution is -2.47. The molecule has 0 bridgehead atoms. The van der Waals surface area contributed by atoms with E-state index in [0.29, 0.717) is 5.41 Å². The van der Waals surface area contributed by atoms with Gasteiger partial charge in [0.2, 0.25) is 0 Å². The van der Waals surface area contributed by atoms with Crippen LogP contribution in [0.3, 0.4) is 0 Å². The highest BCUT2D eigenvalue weighted by Gasteiger charge is 2.42. The van der Waals surface area contributed by atoms with Crippen LogP contribution >= 0.6 is 0 Å². The van der Waals surface area contributed by atoms with Crippen molar-refractivity contribution in [3.8, 4) is 0 Å². The molecule has 1 N–H and O–H groups in total. The quantitative estimate of drug-likeness (QED) is 0.686. The summed E-state index contributed by atoms with van der Waals surface area (Å²) in [4.78, 5) is 0. The van der Waals surface area contributed by atoms with Gasteiger partial charge in [-0.25, -0.2) is 0 Å². The number of rotatable bonds is 6. The Kier molecular flexibility index (Phi) is 5.95. The zero-order chi connectivity index (χ0) is 14.6. The topological polar surface area (TPSA) is 12.0 Å². The first-order chi connectivity index (χ1) is 9.58. The van der Waals surface area contributed by atoms with Crippen LogP contribution < -0.4 is 5.32 Å². The van der Waals surface area contributed by atoms with Crippen molar-refractivity contribution in [3.63, 3.8) is 0 Å². The lowest BCUT2D eigenvalue weighted by Gasteiger charge is -2.42. The first-order valence-electron chi connectivity index (χ1n) is 9.31. The SMILES string of the molecule is CCCNC(C1CCCC(CC)C1)C1CCCC1(C)C.